The zero-order chi connectivity index (χ0) is 13.6. The lowest BCUT2D eigenvalue weighted by molar-refractivity contribution is -0.122. The number of carbonyl (C=O) groups is 1. The maximum absolute atomic E-state index is 12.3. The van der Waals surface area contributed by atoms with E-state index >= 15 is 0 Å². The summed E-state index contributed by atoms with van der Waals surface area (Å²) in [5, 5.41) is 0. The number of Topliss-reactive ketones (excluding diaryl/α,β-unsaturated/α-hetero) is 1. The zero-order valence-corrected chi connectivity index (χ0v) is 12.4. The van der Waals surface area contributed by atoms with Gasteiger partial charge in [0, 0.05) is 25.4 Å². The number of sulfonamides is 1. The number of hydrogen-bond donors (Lipinski definition) is 0. The van der Waals surface area contributed by atoms with Gasteiger partial charge >= 0.3 is 0 Å². The fourth-order valence-corrected chi connectivity index (χ4v) is 5.16. The molecular formula is C14H23NO3S. The number of ketones is 1. The van der Waals surface area contributed by atoms with Crippen molar-refractivity contribution in [2.75, 3.05) is 19.3 Å². The predicted molar refractivity (Wildman–Crippen MR) is 73.1 cm³/mol. The Labute approximate surface area is 115 Å². The molecule has 0 amide bonds. The van der Waals surface area contributed by atoms with Crippen molar-refractivity contribution in [3.8, 4) is 0 Å². The third-order valence-corrected chi connectivity index (χ3v) is 6.49. The molecule has 4 nitrogen and oxygen atoms in total. The van der Waals surface area contributed by atoms with E-state index in [4.69, 9.17) is 0 Å². The van der Waals surface area contributed by atoms with Crippen molar-refractivity contribution in [3.63, 3.8) is 0 Å². The molecule has 0 radical (unpaired) electrons. The Balaban J connectivity index is 1.54. The van der Waals surface area contributed by atoms with E-state index in [2.05, 4.69) is 0 Å². The molecule has 0 aromatic rings. The Bertz CT molecular complexity index is 463. The number of fused-ring (bicyclic) bond motifs is 1. The summed E-state index contributed by atoms with van der Waals surface area (Å²) >= 11 is 0. The van der Waals surface area contributed by atoms with Crippen LogP contribution in [0.4, 0.5) is 0 Å². The van der Waals surface area contributed by atoms with Crippen molar-refractivity contribution in [2.24, 2.45) is 23.7 Å². The van der Waals surface area contributed by atoms with Crippen LogP contribution < -0.4 is 0 Å². The number of carbonyl (C=O) groups excluding carboxylic acids is 1. The molecule has 0 bridgehead atoms. The first-order chi connectivity index (χ1) is 8.97. The summed E-state index contributed by atoms with van der Waals surface area (Å²) in [5.41, 5.74) is 0. The van der Waals surface area contributed by atoms with E-state index in [1.54, 1.807) is 4.31 Å². The molecule has 19 heavy (non-hydrogen) atoms. The van der Waals surface area contributed by atoms with Gasteiger partial charge in [0.05, 0.1) is 6.26 Å². The molecule has 3 unspecified atom stereocenters. The molecule has 3 aliphatic rings. The lowest BCUT2D eigenvalue weighted by Gasteiger charge is -2.30. The van der Waals surface area contributed by atoms with Crippen molar-refractivity contribution in [1.29, 1.82) is 0 Å². The van der Waals surface area contributed by atoms with Gasteiger partial charge in [0.2, 0.25) is 10.0 Å². The van der Waals surface area contributed by atoms with Gasteiger partial charge in [0.15, 0.2) is 0 Å². The van der Waals surface area contributed by atoms with Crippen molar-refractivity contribution in [2.45, 2.75) is 38.5 Å². The fourth-order valence-electron chi connectivity index (χ4n) is 4.21. The zero-order valence-electron chi connectivity index (χ0n) is 11.5. The average Bonchev–Trinajstić information content (AvgIpc) is 2.83. The van der Waals surface area contributed by atoms with E-state index in [0.29, 0.717) is 43.0 Å². The van der Waals surface area contributed by atoms with Crippen LogP contribution in [-0.2, 0) is 14.8 Å². The number of piperidine rings is 1. The van der Waals surface area contributed by atoms with Gasteiger partial charge in [0.25, 0.3) is 0 Å². The molecule has 0 N–H and O–H groups in total. The minimum Gasteiger partial charge on any atom is -0.299 e. The number of nitrogens with zero attached hydrogens (tertiary/aromatic N) is 1. The van der Waals surface area contributed by atoms with Crippen molar-refractivity contribution < 1.29 is 13.2 Å². The quantitative estimate of drug-likeness (QED) is 0.789. The molecule has 1 heterocycles. The minimum atomic E-state index is -3.09. The molecule has 0 spiro atoms. The molecule has 2 aliphatic carbocycles. The van der Waals surface area contributed by atoms with Gasteiger partial charge < -0.3 is 0 Å². The largest absolute Gasteiger partial charge is 0.299 e. The van der Waals surface area contributed by atoms with Crippen LogP contribution in [0.1, 0.15) is 38.5 Å². The summed E-state index contributed by atoms with van der Waals surface area (Å²) in [6.45, 7) is 1.17. The first-order valence-corrected chi connectivity index (χ1v) is 9.29. The SMILES string of the molecule is CS(=O)(=O)N1CCCC(CC(=O)C2C3CCCC32)C1. The van der Waals surface area contributed by atoms with E-state index < -0.39 is 10.0 Å². The van der Waals surface area contributed by atoms with E-state index in [-0.39, 0.29) is 5.92 Å². The summed E-state index contributed by atoms with van der Waals surface area (Å²) in [5.74, 6) is 2.36. The highest BCUT2D eigenvalue weighted by Gasteiger charge is 2.56. The summed E-state index contributed by atoms with van der Waals surface area (Å²) in [6.07, 6.45) is 7.53. The first kappa shape index (κ1) is 13.6. The summed E-state index contributed by atoms with van der Waals surface area (Å²) in [4.78, 5) is 12.3. The van der Waals surface area contributed by atoms with Gasteiger partial charge in [-0.3, -0.25) is 4.79 Å². The van der Waals surface area contributed by atoms with E-state index in [9.17, 15) is 13.2 Å². The predicted octanol–water partition coefficient (Wildman–Crippen LogP) is 1.66. The minimum absolute atomic E-state index is 0.248. The fraction of sp³-hybridized carbons (Fsp3) is 0.929. The summed E-state index contributed by atoms with van der Waals surface area (Å²) < 4.78 is 24.7. The van der Waals surface area contributed by atoms with Gasteiger partial charge in [-0.2, -0.15) is 0 Å². The van der Waals surface area contributed by atoms with Crippen LogP contribution in [0.15, 0.2) is 0 Å². The van der Waals surface area contributed by atoms with Crippen LogP contribution in [0.5, 0.6) is 0 Å². The number of rotatable bonds is 4. The smallest absolute Gasteiger partial charge is 0.211 e. The van der Waals surface area contributed by atoms with Gasteiger partial charge in [-0.15, -0.1) is 0 Å². The molecular weight excluding hydrogens is 262 g/mol. The molecule has 3 atom stereocenters. The molecule has 3 fully saturated rings. The molecule has 1 aliphatic heterocycles. The van der Waals surface area contributed by atoms with Crippen LogP contribution in [0, 0.1) is 23.7 Å². The van der Waals surface area contributed by atoms with E-state index in [1.807, 2.05) is 0 Å². The Kier molecular flexibility index (Phi) is 3.46. The first-order valence-electron chi connectivity index (χ1n) is 7.44. The Morgan fingerprint density at radius 3 is 2.47 bits per heavy atom. The topological polar surface area (TPSA) is 54.5 Å². The third kappa shape index (κ3) is 2.72. The van der Waals surface area contributed by atoms with Gasteiger partial charge in [-0.25, -0.2) is 12.7 Å². The lowest BCUT2D eigenvalue weighted by Crippen LogP contribution is -2.40. The van der Waals surface area contributed by atoms with Crippen molar-refractivity contribution >= 4 is 15.8 Å². The molecule has 0 aromatic heterocycles. The average molecular weight is 285 g/mol. The molecule has 5 heteroatoms. The van der Waals surface area contributed by atoms with Crippen LogP contribution in [-0.4, -0.2) is 37.9 Å². The van der Waals surface area contributed by atoms with Crippen molar-refractivity contribution in [3.05, 3.63) is 0 Å². The summed E-state index contributed by atoms with van der Waals surface area (Å²) in [7, 11) is -3.09. The van der Waals surface area contributed by atoms with E-state index in [1.165, 1.54) is 25.5 Å². The molecule has 2 saturated carbocycles. The van der Waals surface area contributed by atoms with Crippen LogP contribution in [0.2, 0.25) is 0 Å². The molecule has 0 aromatic carbocycles. The highest BCUT2D eigenvalue weighted by molar-refractivity contribution is 7.88. The second-order valence-corrected chi connectivity index (χ2v) is 8.57. The van der Waals surface area contributed by atoms with Crippen LogP contribution >= 0.6 is 0 Å². The lowest BCUT2D eigenvalue weighted by atomic mass is 9.91. The maximum Gasteiger partial charge on any atom is 0.211 e. The van der Waals surface area contributed by atoms with E-state index in [0.717, 1.165) is 12.8 Å². The molecule has 108 valence electrons. The Morgan fingerprint density at radius 1 is 1.16 bits per heavy atom. The Morgan fingerprint density at radius 2 is 1.84 bits per heavy atom. The van der Waals surface area contributed by atoms with Crippen molar-refractivity contribution in [1.82, 2.24) is 4.31 Å². The normalized spacial score (nSPS) is 39.0. The summed E-state index contributed by atoms with van der Waals surface area (Å²) in [6, 6.07) is 0. The van der Waals surface area contributed by atoms with Gasteiger partial charge in [-0.1, -0.05) is 6.42 Å². The Hall–Kier alpha value is -0.420. The van der Waals surface area contributed by atoms with Gasteiger partial charge in [0.1, 0.15) is 5.78 Å². The van der Waals surface area contributed by atoms with Crippen LogP contribution in [0.25, 0.3) is 0 Å². The highest BCUT2D eigenvalue weighted by Crippen LogP contribution is 2.58. The molecule has 1 saturated heterocycles. The standard InChI is InChI=1S/C14H23NO3S/c1-19(17,18)15-7-3-4-10(9-15)8-13(16)14-11-5-2-6-12(11)14/h10-12,14H,2-9H2,1H3. The third-order valence-electron chi connectivity index (χ3n) is 5.22. The molecule has 3 rings (SSSR count). The number of hydrogen-bond acceptors (Lipinski definition) is 3. The second kappa shape index (κ2) is 4.85. The van der Waals surface area contributed by atoms with Crippen LogP contribution in [0.3, 0.4) is 0 Å². The monoisotopic (exact) mass is 285 g/mol. The van der Waals surface area contributed by atoms with Gasteiger partial charge in [-0.05, 0) is 43.4 Å². The highest BCUT2D eigenvalue weighted by atomic mass is 32.2. The maximum atomic E-state index is 12.3. The second-order valence-electron chi connectivity index (χ2n) is 6.58.